The second-order valence-electron chi connectivity index (χ2n) is 4.55. The van der Waals surface area contributed by atoms with Gasteiger partial charge in [0.25, 0.3) is 0 Å². The summed E-state index contributed by atoms with van der Waals surface area (Å²) in [6.45, 7) is 1.40. The van der Waals surface area contributed by atoms with Gasteiger partial charge in [-0.05, 0) is 37.2 Å². The van der Waals surface area contributed by atoms with Gasteiger partial charge in [-0.1, -0.05) is 0 Å². The summed E-state index contributed by atoms with van der Waals surface area (Å²) in [7, 11) is -6.90. The third-order valence-corrected chi connectivity index (χ3v) is 5.61. The van der Waals surface area contributed by atoms with Crippen LogP contribution in [0.3, 0.4) is 0 Å². The highest BCUT2D eigenvalue weighted by Crippen LogP contribution is 2.15. The fourth-order valence-corrected chi connectivity index (χ4v) is 3.81. The van der Waals surface area contributed by atoms with Crippen molar-refractivity contribution in [2.45, 2.75) is 22.3 Å². The van der Waals surface area contributed by atoms with Gasteiger partial charge >= 0.3 is 0 Å². The molecule has 0 bridgehead atoms. The highest BCUT2D eigenvalue weighted by atomic mass is 35.5. The molecule has 2 N–H and O–H groups in total. The Hall–Kier alpha value is -0.670. The van der Waals surface area contributed by atoms with Gasteiger partial charge in [0.1, 0.15) is 0 Å². The highest BCUT2D eigenvalue weighted by Gasteiger charge is 2.22. The number of sulfonamides is 1. The van der Waals surface area contributed by atoms with Crippen LogP contribution in [0.1, 0.15) is 6.42 Å². The molecule has 1 atom stereocenters. The first-order valence-electron chi connectivity index (χ1n) is 5.82. The Morgan fingerprint density at radius 2 is 1.65 bits per heavy atom. The van der Waals surface area contributed by atoms with E-state index in [0.717, 1.165) is 19.2 Å². The lowest BCUT2D eigenvalue weighted by molar-refractivity contribution is 0.560. The van der Waals surface area contributed by atoms with Crippen LogP contribution in [-0.2, 0) is 19.9 Å². The van der Waals surface area contributed by atoms with Crippen LogP contribution in [0.25, 0.3) is 0 Å². The van der Waals surface area contributed by atoms with Crippen molar-refractivity contribution < 1.29 is 16.8 Å². The summed E-state index contributed by atoms with van der Waals surface area (Å²) in [4.78, 5) is 0.181. The van der Waals surface area contributed by atoms with E-state index in [0.29, 0.717) is 6.54 Å². The molecule has 0 saturated carbocycles. The molecule has 0 amide bonds. The fourth-order valence-electron chi connectivity index (χ4n) is 1.91. The summed E-state index contributed by atoms with van der Waals surface area (Å²) in [6, 6.07) is 5.11. The van der Waals surface area contributed by atoms with Crippen molar-refractivity contribution in [1.29, 1.82) is 0 Å². The van der Waals surface area contributed by atoms with Gasteiger partial charge < -0.3 is 5.32 Å². The first kappa shape index (κ1) is 17.4. The largest absolute Gasteiger partial charge is 0.315 e. The third kappa shape index (κ3) is 4.16. The molecule has 1 aliphatic heterocycles. The van der Waals surface area contributed by atoms with Gasteiger partial charge in [-0.15, -0.1) is 12.4 Å². The van der Waals surface area contributed by atoms with Crippen molar-refractivity contribution >= 4 is 32.3 Å². The molecule has 1 aromatic rings. The summed E-state index contributed by atoms with van der Waals surface area (Å²) < 4.78 is 49.3. The summed E-state index contributed by atoms with van der Waals surface area (Å²) in [5.74, 6) is 0. The van der Waals surface area contributed by atoms with Gasteiger partial charge in [0.05, 0.1) is 9.79 Å². The molecule has 0 aliphatic carbocycles. The maximum atomic E-state index is 12.1. The molecule has 0 radical (unpaired) electrons. The van der Waals surface area contributed by atoms with E-state index < -0.39 is 19.9 Å². The van der Waals surface area contributed by atoms with Crippen LogP contribution in [0, 0.1) is 0 Å². The van der Waals surface area contributed by atoms with Crippen molar-refractivity contribution in [2.75, 3.05) is 19.3 Å². The molecule has 6 nitrogen and oxygen atoms in total. The van der Waals surface area contributed by atoms with Gasteiger partial charge in [0, 0.05) is 18.8 Å². The topological polar surface area (TPSA) is 92.3 Å². The van der Waals surface area contributed by atoms with E-state index in [4.69, 9.17) is 0 Å². The molecule has 9 heteroatoms. The zero-order valence-electron chi connectivity index (χ0n) is 10.9. The van der Waals surface area contributed by atoms with E-state index in [9.17, 15) is 16.8 Å². The standard InChI is InChI=1S/C11H16N2O4S2.ClH/c1-18(14,15)10-2-4-11(5-3-10)19(16,17)13-9-6-7-12-8-9;/h2-5,9,12-13H,6-8H2,1H3;1H. The van der Waals surface area contributed by atoms with E-state index in [1.165, 1.54) is 24.3 Å². The van der Waals surface area contributed by atoms with E-state index >= 15 is 0 Å². The summed E-state index contributed by atoms with van der Waals surface area (Å²) in [5.41, 5.74) is 0. The molecule has 0 aromatic heterocycles. The minimum Gasteiger partial charge on any atom is -0.315 e. The van der Waals surface area contributed by atoms with Crippen LogP contribution in [0.5, 0.6) is 0 Å². The van der Waals surface area contributed by atoms with Crippen molar-refractivity contribution in [3.63, 3.8) is 0 Å². The van der Waals surface area contributed by atoms with Gasteiger partial charge in [-0.25, -0.2) is 21.6 Å². The average Bonchev–Trinajstić information content (AvgIpc) is 2.80. The Balaban J connectivity index is 0.00000200. The molecule has 2 rings (SSSR count). The second kappa shape index (κ2) is 6.40. The number of halogens is 1. The molecule has 114 valence electrons. The monoisotopic (exact) mass is 340 g/mol. The first-order chi connectivity index (χ1) is 8.79. The minimum absolute atomic E-state index is 0. The third-order valence-electron chi connectivity index (χ3n) is 2.94. The molecule has 0 spiro atoms. The lowest BCUT2D eigenvalue weighted by Crippen LogP contribution is -2.36. The van der Waals surface area contributed by atoms with Crippen LogP contribution < -0.4 is 10.0 Å². The van der Waals surface area contributed by atoms with Gasteiger partial charge in [-0.2, -0.15) is 0 Å². The van der Waals surface area contributed by atoms with Crippen LogP contribution >= 0.6 is 12.4 Å². The normalized spacial score (nSPS) is 19.6. The molecule has 20 heavy (non-hydrogen) atoms. The van der Waals surface area contributed by atoms with E-state index in [1.54, 1.807) is 0 Å². The number of nitrogens with one attached hydrogen (secondary N) is 2. The van der Waals surface area contributed by atoms with Crippen molar-refractivity contribution in [3.8, 4) is 0 Å². The minimum atomic E-state index is -3.59. The molecular weight excluding hydrogens is 324 g/mol. The van der Waals surface area contributed by atoms with E-state index in [1.807, 2.05) is 0 Å². The quantitative estimate of drug-likeness (QED) is 0.814. The predicted octanol–water partition coefficient (Wildman–Crippen LogP) is 0.152. The molecule has 1 unspecified atom stereocenters. The Labute approximate surface area is 125 Å². The van der Waals surface area contributed by atoms with E-state index in [2.05, 4.69) is 10.0 Å². The smallest absolute Gasteiger partial charge is 0.240 e. The van der Waals surface area contributed by atoms with Crippen molar-refractivity contribution in [2.24, 2.45) is 0 Å². The van der Waals surface area contributed by atoms with Gasteiger partial charge in [0.2, 0.25) is 10.0 Å². The molecule has 1 aromatic carbocycles. The van der Waals surface area contributed by atoms with Crippen LogP contribution in [0.15, 0.2) is 34.1 Å². The average molecular weight is 341 g/mol. The summed E-state index contributed by atoms with van der Waals surface area (Å²) >= 11 is 0. The molecule has 1 heterocycles. The summed E-state index contributed by atoms with van der Waals surface area (Å²) in [6.07, 6.45) is 1.83. The molecule has 1 aliphatic rings. The number of hydrogen-bond donors (Lipinski definition) is 2. The van der Waals surface area contributed by atoms with Crippen LogP contribution in [0.2, 0.25) is 0 Å². The van der Waals surface area contributed by atoms with E-state index in [-0.39, 0.29) is 28.2 Å². The zero-order valence-corrected chi connectivity index (χ0v) is 13.3. The summed E-state index contributed by atoms with van der Waals surface area (Å²) in [5, 5.41) is 3.07. The Bertz CT molecular complexity index is 650. The van der Waals surface area contributed by atoms with Crippen molar-refractivity contribution in [1.82, 2.24) is 10.0 Å². The van der Waals surface area contributed by atoms with Gasteiger partial charge in [0.15, 0.2) is 9.84 Å². The number of hydrogen-bond acceptors (Lipinski definition) is 5. The lowest BCUT2D eigenvalue weighted by atomic mass is 10.3. The Kier molecular flexibility index (Phi) is 5.56. The molecule has 1 fully saturated rings. The fraction of sp³-hybridized carbons (Fsp3) is 0.455. The predicted molar refractivity (Wildman–Crippen MR) is 78.4 cm³/mol. The SMILES string of the molecule is CS(=O)(=O)c1ccc(S(=O)(=O)NC2CCNC2)cc1.Cl. The maximum absolute atomic E-state index is 12.1. The highest BCUT2D eigenvalue weighted by molar-refractivity contribution is 7.90. The molecular formula is C11H17ClN2O4S2. The molecule has 1 saturated heterocycles. The number of rotatable bonds is 4. The number of sulfone groups is 1. The maximum Gasteiger partial charge on any atom is 0.240 e. The van der Waals surface area contributed by atoms with Crippen LogP contribution in [-0.4, -0.2) is 42.2 Å². The number of benzene rings is 1. The first-order valence-corrected chi connectivity index (χ1v) is 9.20. The van der Waals surface area contributed by atoms with Crippen molar-refractivity contribution in [3.05, 3.63) is 24.3 Å². The van der Waals surface area contributed by atoms with Crippen LogP contribution in [0.4, 0.5) is 0 Å². The second-order valence-corrected chi connectivity index (χ2v) is 8.28. The Morgan fingerprint density at radius 1 is 1.10 bits per heavy atom. The zero-order chi connectivity index (χ0) is 14.1. The lowest BCUT2D eigenvalue weighted by Gasteiger charge is -2.12. The Morgan fingerprint density at radius 3 is 2.10 bits per heavy atom. The van der Waals surface area contributed by atoms with Gasteiger partial charge in [-0.3, -0.25) is 0 Å².